The topological polar surface area (TPSA) is 72.4 Å². The molecule has 116 valence electrons. The van der Waals surface area contributed by atoms with Crippen LogP contribution in [-0.2, 0) is 11.3 Å². The number of aryl methyl sites for hydroxylation is 1. The van der Waals surface area contributed by atoms with Crippen molar-refractivity contribution < 1.29 is 9.21 Å². The molecule has 2 aromatic rings. The quantitative estimate of drug-likeness (QED) is 0.941. The van der Waals surface area contributed by atoms with Crippen LogP contribution in [0.1, 0.15) is 30.7 Å². The molecule has 5 nitrogen and oxygen atoms in total. The summed E-state index contributed by atoms with van der Waals surface area (Å²) in [4.78, 5) is 18.3. The number of hydrogen-bond acceptors (Lipinski definition) is 4. The fourth-order valence-electron chi connectivity index (χ4n) is 2.97. The fourth-order valence-corrected chi connectivity index (χ4v) is 2.97. The predicted octanol–water partition coefficient (Wildman–Crippen LogP) is 2.49. The third kappa shape index (κ3) is 3.04. The highest BCUT2D eigenvalue weighted by Gasteiger charge is 2.28. The number of carbonyl (C=O) groups excluding carboxylic acids is 1. The molecule has 1 saturated heterocycles. The minimum atomic E-state index is -0.246. The first kappa shape index (κ1) is 14.8. The zero-order valence-electron chi connectivity index (χ0n) is 12.8. The molecule has 1 aromatic carbocycles. The summed E-state index contributed by atoms with van der Waals surface area (Å²) >= 11 is 0. The highest BCUT2D eigenvalue weighted by molar-refractivity contribution is 5.79. The predicted molar refractivity (Wildman–Crippen MR) is 83.9 cm³/mol. The molecule has 1 aliphatic rings. The molecule has 0 radical (unpaired) electrons. The molecule has 1 amide bonds. The molecular weight excluding hydrogens is 278 g/mol. The number of benzene rings is 1. The van der Waals surface area contributed by atoms with Crippen LogP contribution < -0.4 is 5.73 Å². The molecule has 5 heteroatoms. The van der Waals surface area contributed by atoms with Crippen molar-refractivity contribution >= 4 is 5.91 Å². The second kappa shape index (κ2) is 6.32. The number of rotatable bonds is 4. The molecule has 22 heavy (non-hydrogen) atoms. The zero-order valence-corrected chi connectivity index (χ0v) is 12.8. The molecule has 0 spiro atoms. The number of carbonyl (C=O) groups is 1. The summed E-state index contributed by atoms with van der Waals surface area (Å²) in [7, 11) is 0. The molecule has 0 bridgehead atoms. The van der Waals surface area contributed by atoms with Crippen LogP contribution in [0.5, 0.6) is 0 Å². The van der Waals surface area contributed by atoms with Crippen LogP contribution in [0.3, 0.4) is 0 Å². The average molecular weight is 299 g/mol. The Morgan fingerprint density at radius 2 is 2.14 bits per heavy atom. The van der Waals surface area contributed by atoms with E-state index in [4.69, 9.17) is 10.2 Å². The van der Waals surface area contributed by atoms with Gasteiger partial charge in [0.05, 0.1) is 11.7 Å². The van der Waals surface area contributed by atoms with Crippen LogP contribution >= 0.6 is 0 Å². The number of nitrogens with zero attached hydrogens (tertiary/aromatic N) is 2. The highest BCUT2D eigenvalue weighted by atomic mass is 16.4. The van der Waals surface area contributed by atoms with Crippen molar-refractivity contribution in [1.82, 2.24) is 9.88 Å². The first-order valence-electron chi connectivity index (χ1n) is 7.70. The van der Waals surface area contributed by atoms with E-state index < -0.39 is 0 Å². The maximum absolute atomic E-state index is 11.6. The minimum absolute atomic E-state index is 0.190. The third-order valence-electron chi connectivity index (χ3n) is 4.21. The first-order valence-corrected chi connectivity index (χ1v) is 7.70. The van der Waals surface area contributed by atoms with E-state index in [1.54, 1.807) is 0 Å². The van der Waals surface area contributed by atoms with Crippen LogP contribution in [0, 0.1) is 6.92 Å². The van der Waals surface area contributed by atoms with E-state index in [2.05, 4.69) is 9.88 Å². The molecule has 1 fully saturated rings. The Morgan fingerprint density at radius 1 is 1.36 bits per heavy atom. The monoisotopic (exact) mass is 299 g/mol. The number of amides is 1. The van der Waals surface area contributed by atoms with Gasteiger partial charge in [-0.2, -0.15) is 0 Å². The lowest BCUT2D eigenvalue weighted by Crippen LogP contribution is -2.47. The van der Waals surface area contributed by atoms with Gasteiger partial charge >= 0.3 is 0 Å². The van der Waals surface area contributed by atoms with Crippen molar-refractivity contribution in [3.63, 3.8) is 0 Å². The molecule has 0 aliphatic carbocycles. The average Bonchev–Trinajstić information content (AvgIpc) is 2.90. The van der Waals surface area contributed by atoms with Gasteiger partial charge in [-0.05, 0) is 38.4 Å². The van der Waals surface area contributed by atoms with Gasteiger partial charge in [0.1, 0.15) is 5.76 Å². The summed E-state index contributed by atoms with van der Waals surface area (Å²) in [6.45, 7) is 3.40. The van der Waals surface area contributed by atoms with E-state index >= 15 is 0 Å². The summed E-state index contributed by atoms with van der Waals surface area (Å²) < 4.78 is 5.78. The van der Waals surface area contributed by atoms with Gasteiger partial charge in [0, 0.05) is 12.1 Å². The van der Waals surface area contributed by atoms with E-state index in [1.807, 2.05) is 37.3 Å². The lowest BCUT2D eigenvalue weighted by atomic mass is 10.0. The Morgan fingerprint density at radius 3 is 2.86 bits per heavy atom. The van der Waals surface area contributed by atoms with E-state index in [-0.39, 0.29) is 11.9 Å². The van der Waals surface area contributed by atoms with Gasteiger partial charge in [-0.25, -0.2) is 4.98 Å². The van der Waals surface area contributed by atoms with Crippen molar-refractivity contribution in [2.45, 2.75) is 38.8 Å². The first-order chi connectivity index (χ1) is 10.6. The molecule has 1 aromatic heterocycles. The number of nitrogens with two attached hydrogens (primary N) is 1. The number of primary amides is 1. The summed E-state index contributed by atoms with van der Waals surface area (Å²) in [5.74, 6) is 1.18. The summed E-state index contributed by atoms with van der Waals surface area (Å²) in [6.07, 6.45) is 2.97. The van der Waals surface area contributed by atoms with Crippen molar-refractivity contribution in [2.75, 3.05) is 6.54 Å². The minimum Gasteiger partial charge on any atom is -0.441 e. The standard InChI is InChI=1S/C17H21N3O2/c1-12-14(11-20-10-6-5-9-15(20)16(18)21)19-17(22-12)13-7-3-2-4-8-13/h2-4,7-8,15H,5-6,9-11H2,1H3,(H2,18,21)/t15-/m1/s1. The van der Waals surface area contributed by atoms with Crippen LogP contribution in [-0.4, -0.2) is 28.4 Å². The number of hydrogen-bond donors (Lipinski definition) is 1. The SMILES string of the molecule is Cc1oc(-c2ccccc2)nc1CN1CCCC[C@@H]1C(N)=O. The van der Waals surface area contributed by atoms with Gasteiger partial charge in [0.25, 0.3) is 0 Å². The Balaban J connectivity index is 1.80. The number of piperidine rings is 1. The van der Waals surface area contributed by atoms with Crippen LogP contribution in [0.2, 0.25) is 0 Å². The van der Waals surface area contributed by atoms with Gasteiger partial charge in [-0.15, -0.1) is 0 Å². The third-order valence-corrected chi connectivity index (χ3v) is 4.21. The molecular formula is C17H21N3O2. The Kier molecular flexibility index (Phi) is 4.24. The van der Waals surface area contributed by atoms with Gasteiger partial charge < -0.3 is 10.2 Å². The van der Waals surface area contributed by atoms with Crippen molar-refractivity contribution in [3.05, 3.63) is 41.8 Å². The smallest absolute Gasteiger partial charge is 0.234 e. The van der Waals surface area contributed by atoms with Crippen molar-refractivity contribution in [3.8, 4) is 11.5 Å². The van der Waals surface area contributed by atoms with Crippen LogP contribution in [0.15, 0.2) is 34.7 Å². The maximum Gasteiger partial charge on any atom is 0.234 e. The normalized spacial score (nSPS) is 19.2. The summed E-state index contributed by atoms with van der Waals surface area (Å²) in [5.41, 5.74) is 7.36. The second-order valence-corrected chi connectivity index (χ2v) is 5.77. The van der Waals surface area contributed by atoms with Crippen LogP contribution in [0.25, 0.3) is 11.5 Å². The highest BCUT2D eigenvalue weighted by Crippen LogP contribution is 2.24. The lowest BCUT2D eigenvalue weighted by Gasteiger charge is -2.32. The number of oxazole rings is 1. The second-order valence-electron chi connectivity index (χ2n) is 5.77. The Labute approximate surface area is 130 Å². The largest absolute Gasteiger partial charge is 0.441 e. The number of aromatic nitrogens is 1. The summed E-state index contributed by atoms with van der Waals surface area (Å²) in [6, 6.07) is 9.64. The molecule has 2 heterocycles. The molecule has 0 saturated carbocycles. The van der Waals surface area contributed by atoms with E-state index in [9.17, 15) is 4.79 Å². The summed E-state index contributed by atoms with van der Waals surface area (Å²) in [5, 5.41) is 0. The fraction of sp³-hybridized carbons (Fsp3) is 0.412. The van der Waals surface area contributed by atoms with Gasteiger partial charge in [0.15, 0.2) is 0 Å². The number of likely N-dealkylation sites (tertiary alicyclic amines) is 1. The maximum atomic E-state index is 11.6. The Hall–Kier alpha value is -2.14. The van der Waals surface area contributed by atoms with Crippen molar-refractivity contribution in [1.29, 1.82) is 0 Å². The molecule has 1 aliphatic heterocycles. The van der Waals surface area contributed by atoms with E-state index in [1.165, 1.54) is 0 Å². The van der Waals surface area contributed by atoms with Gasteiger partial charge in [-0.1, -0.05) is 24.6 Å². The zero-order chi connectivity index (χ0) is 15.5. The molecule has 2 N–H and O–H groups in total. The Bertz CT molecular complexity index is 651. The van der Waals surface area contributed by atoms with Gasteiger partial charge in [0.2, 0.25) is 11.8 Å². The van der Waals surface area contributed by atoms with E-state index in [0.717, 1.165) is 42.8 Å². The lowest BCUT2D eigenvalue weighted by molar-refractivity contribution is -0.124. The van der Waals surface area contributed by atoms with E-state index in [0.29, 0.717) is 12.4 Å². The van der Waals surface area contributed by atoms with Crippen LogP contribution in [0.4, 0.5) is 0 Å². The van der Waals surface area contributed by atoms with Gasteiger partial charge in [-0.3, -0.25) is 9.69 Å². The van der Waals surface area contributed by atoms with Crippen molar-refractivity contribution in [2.24, 2.45) is 5.73 Å². The molecule has 1 atom stereocenters. The molecule has 0 unspecified atom stereocenters. The molecule has 3 rings (SSSR count).